The van der Waals surface area contributed by atoms with E-state index in [1.54, 1.807) is 7.11 Å². The van der Waals surface area contributed by atoms with Gasteiger partial charge in [0.25, 0.3) is 0 Å². The minimum Gasteiger partial charge on any atom is -0.493 e. The first-order valence-corrected chi connectivity index (χ1v) is 7.46. The van der Waals surface area contributed by atoms with E-state index >= 15 is 0 Å². The summed E-state index contributed by atoms with van der Waals surface area (Å²) in [6, 6.07) is 6.17. The van der Waals surface area contributed by atoms with Crippen molar-refractivity contribution in [2.24, 2.45) is 0 Å². The molecule has 1 aliphatic rings. The van der Waals surface area contributed by atoms with Crippen LogP contribution in [0.25, 0.3) is 0 Å². The minimum atomic E-state index is -0.0181. The zero-order chi connectivity index (χ0) is 15.2. The lowest BCUT2D eigenvalue weighted by Crippen LogP contribution is -2.36. The summed E-state index contributed by atoms with van der Waals surface area (Å²) in [6.07, 6.45) is 2.52. The van der Waals surface area contributed by atoms with Crippen molar-refractivity contribution in [3.8, 4) is 11.5 Å². The molecule has 2 N–H and O–H groups in total. The molecule has 2 rings (SSSR count). The molecule has 1 fully saturated rings. The van der Waals surface area contributed by atoms with Crippen molar-refractivity contribution in [3.63, 3.8) is 0 Å². The molecule has 0 radical (unpaired) electrons. The molecule has 118 valence electrons. The van der Waals surface area contributed by atoms with Gasteiger partial charge >= 0.3 is 0 Å². The monoisotopic (exact) mass is 295 g/mol. The Labute approximate surface area is 126 Å². The molecule has 2 unspecified atom stereocenters. The van der Waals surface area contributed by atoms with E-state index in [4.69, 9.17) is 19.3 Å². The van der Waals surface area contributed by atoms with Crippen LogP contribution in [0.4, 0.5) is 5.69 Å². The van der Waals surface area contributed by atoms with Gasteiger partial charge in [0, 0.05) is 17.8 Å². The number of anilines is 1. The predicted molar refractivity (Wildman–Crippen MR) is 82.2 cm³/mol. The van der Waals surface area contributed by atoms with Crippen molar-refractivity contribution >= 4 is 5.69 Å². The smallest absolute Gasteiger partial charge is 0.163 e. The van der Waals surface area contributed by atoms with Gasteiger partial charge in [-0.15, -0.1) is 0 Å². The number of ether oxygens (including phenoxy) is 3. The van der Waals surface area contributed by atoms with Gasteiger partial charge in [0.1, 0.15) is 6.61 Å². The summed E-state index contributed by atoms with van der Waals surface area (Å²) in [5, 5.41) is 12.4. The van der Waals surface area contributed by atoms with Crippen LogP contribution in [0.3, 0.4) is 0 Å². The van der Waals surface area contributed by atoms with Crippen LogP contribution in [0, 0.1) is 0 Å². The van der Waals surface area contributed by atoms with Crippen molar-refractivity contribution in [1.29, 1.82) is 0 Å². The molecule has 5 heteroatoms. The number of aliphatic hydroxyl groups excluding tert-OH is 1. The lowest BCUT2D eigenvalue weighted by molar-refractivity contribution is -0.0337. The number of rotatable bonds is 6. The van der Waals surface area contributed by atoms with Gasteiger partial charge in [-0.05, 0) is 38.8 Å². The Balaban J connectivity index is 2.05. The Morgan fingerprint density at radius 3 is 2.57 bits per heavy atom. The zero-order valence-electron chi connectivity index (χ0n) is 13.0. The largest absolute Gasteiger partial charge is 0.493 e. The van der Waals surface area contributed by atoms with Crippen LogP contribution in [-0.2, 0) is 4.74 Å². The van der Waals surface area contributed by atoms with Gasteiger partial charge in [-0.3, -0.25) is 0 Å². The van der Waals surface area contributed by atoms with Gasteiger partial charge in [0.2, 0.25) is 0 Å². The van der Waals surface area contributed by atoms with Crippen LogP contribution in [0.2, 0.25) is 0 Å². The van der Waals surface area contributed by atoms with Crippen molar-refractivity contribution in [2.75, 3.05) is 25.6 Å². The second-order valence-corrected chi connectivity index (χ2v) is 5.51. The number of aliphatic hydroxyl groups is 1. The van der Waals surface area contributed by atoms with Crippen molar-refractivity contribution in [3.05, 3.63) is 18.2 Å². The molecular weight excluding hydrogens is 270 g/mol. The summed E-state index contributed by atoms with van der Waals surface area (Å²) in [4.78, 5) is 0. The Morgan fingerprint density at radius 1 is 1.24 bits per heavy atom. The molecule has 1 aliphatic heterocycles. The van der Waals surface area contributed by atoms with Crippen molar-refractivity contribution in [1.82, 2.24) is 0 Å². The van der Waals surface area contributed by atoms with E-state index in [0.717, 1.165) is 18.5 Å². The molecule has 0 bridgehead atoms. The molecule has 5 nitrogen and oxygen atoms in total. The highest BCUT2D eigenvalue weighted by atomic mass is 16.5. The molecule has 0 saturated carbocycles. The highest BCUT2D eigenvalue weighted by Gasteiger charge is 2.24. The first-order chi connectivity index (χ1) is 10.1. The summed E-state index contributed by atoms with van der Waals surface area (Å²) in [5.74, 6) is 1.31. The highest BCUT2D eigenvalue weighted by Crippen LogP contribution is 2.31. The lowest BCUT2D eigenvalue weighted by Gasteiger charge is -2.33. The van der Waals surface area contributed by atoms with Crippen LogP contribution in [0.5, 0.6) is 11.5 Å². The quantitative estimate of drug-likeness (QED) is 0.844. The molecule has 0 amide bonds. The van der Waals surface area contributed by atoms with Crippen LogP contribution in [0.1, 0.15) is 26.7 Å². The molecule has 0 aromatic heterocycles. The minimum absolute atomic E-state index is 0.0181. The number of benzene rings is 1. The Kier molecular flexibility index (Phi) is 5.70. The maximum Gasteiger partial charge on any atom is 0.163 e. The SMILES string of the molecule is COc1ccc(NC2CC(C)OC(C)C2)cc1OCCO. The second-order valence-electron chi connectivity index (χ2n) is 5.51. The molecule has 21 heavy (non-hydrogen) atoms. The summed E-state index contributed by atoms with van der Waals surface area (Å²) in [7, 11) is 1.61. The van der Waals surface area contributed by atoms with Gasteiger partial charge in [-0.2, -0.15) is 0 Å². The Morgan fingerprint density at radius 2 is 1.95 bits per heavy atom. The maximum atomic E-state index is 8.88. The van der Waals surface area contributed by atoms with E-state index in [1.807, 2.05) is 18.2 Å². The molecule has 0 aliphatic carbocycles. The third-order valence-electron chi connectivity index (χ3n) is 3.58. The fourth-order valence-corrected chi connectivity index (χ4v) is 2.79. The van der Waals surface area contributed by atoms with Gasteiger partial charge in [-0.25, -0.2) is 0 Å². The van der Waals surface area contributed by atoms with E-state index in [1.165, 1.54) is 0 Å². The summed E-state index contributed by atoms with van der Waals surface area (Å²) < 4.78 is 16.5. The highest BCUT2D eigenvalue weighted by molar-refractivity contribution is 5.55. The average molecular weight is 295 g/mol. The normalized spacial score (nSPS) is 25.4. The fourth-order valence-electron chi connectivity index (χ4n) is 2.79. The predicted octanol–water partition coefficient (Wildman–Crippen LogP) is 2.43. The van der Waals surface area contributed by atoms with E-state index in [2.05, 4.69) is 19.2 Å². The fraction of sp³-hybridized carbons (Fsp3) is 0.625. The van der Waals surface area contributed by atoms with Crippen molar-refractivity contribution in [2.45, 2.75) is 44.9 Å². The number of hydrogen-bond donors (Lipinski definition) is 2. The Hall–Kier alpha value is -1.46. The zero-order valence-corrected chi connectivity index (χ0v) is 13.0. The third kappa shape index (κ3) is 4.51. The summed E-state index contributed by atoms with van der Waals surface area (Å²) in [6.45, 7) is 4.45. The van der Waals surface area contributed by atoms with E-state index < -0.39 is 0 Å². The molecule has 1 aromatic carbocycles. The maximum absolute atomic E-state index is 8.88. The second kappa shape index (κ2) is 7.52. The molecule has 1 saturated heterocycles. The van der Waals surface area contributed by atoms with E-state index in [0.29, 0.717) is 17.5 Å². The standard InChI is InChI=1S/C16H25NO4/c1-11-8-14(9-12(2)21-11)17-13-4-5-15(19-3)16(10-13)20-7-6-18/h4-5,10-12,14,17-18H,6-9H2,1-3H3. The van der Waals surface area contributed by atoms with Gasteiger partial charge in [0.15, 0.2) is 11.5 Å². The van der Waals surface area contributed by atoms with E-state index in [-0.39, 0.29) is 25.4 Å². The topological polar surface area (TPSA) is 60.0 Å². The molecular formula is C16H25NO4. The van der Waals surface area contributed by atoms with Crippen LogP contribution < -0.4 is 14.8 Å². The summed E-state index contributed by atoms with van der Waals surface area (Å²) in [5.41, 5.74) is 0.995. The lowest BCUT2D eigenvalue weighted by atomic mass is 9.99. The van der Waals surface area contributed by atoms with Crippen LogP contribution in [-0.4, -0.2) is 43.7 Å². The third-order valence-corrected chi connectivity index (χ3v) is 3.58. The van der Waals surface area contributed by atoms with Gasteiger partial charge in [-0.1, -0.05) is 0 Å². The van der Waals surface area contributed by atoms with Gasteiger partial charge < -0.3 is 24.6 Å². The molecule has 0 spiro atoms. The average Bonchev–Trinajstić information content (AvgIpc) is 2.44. The van der Waals surface area contributed by atoms with Crippen LogP contribution in [0.15, 0.2) is 18.2 Å². The van der Waals surface area contributed by atoms with E-state index in [9.17, 15) is 0 Å². The van der Waals surface area contributed by atoms with Crippen LogP contribution >= 0.6 is 0 Å². The molecule has 1 aromatic rings. The number of nitrogens with one attached hydrogen (secondary N) is 1. The first kappa shape index (κ1) is 15.9. The number of methoxy groups -OCH3 is 1. The molecule has 2 atom stereocenters. The molecule has 1 heterocycles. The van der Waals surface area contributed by atoms with Gasteiger partial charge in [0.05, 0.1) is 25.9 Å². The van der Waals surface area contributed by atoms with Crippen molar-refractivity contribution < 1.29 is 19.3 Å². The Bertz CT molecular complexity index is 442. The number of hydrogen-bond acceptors (Lipinski definition) is 5. The summed E-state index contributed by atoms with van der Waals surface area (Å²) >= 11 is 0. The first-order valence-electron chi connectivity index (χ1n) is 7.46.